The number of carbonyl (C=O) groups excluding carboxylic acids is 1. The van der Waals surface area contributed by atoms with Crippen LogP contribution in [0.15, 0.2) is 10.6 Å². The lowest BCUT2D eigenvalue weighted by molar-refractivity contribution is 0.117. The van der Waals surface area contributed by atoms with Crippen molar-refractivity contribution in [1.82, 2.24) is 25.3 Å². The third kappa shape index (κ3) is 4.16. The molecule has 4 aliphatic rings. The molecular weight excluding hydrogens is 540 g/mol. The molecule has 2 aliphatic heterocycles. The molecule has 11 nitrogen and oxygen atoms in total. The maximum Gasteiger partial charge on any atom is 0.323 e. The summed E-state index contributed by atoms with van der Waals surface area (Å²) in [6.45, 7) is 4.17. The number of nitrogens with one attached hydrogen (secondary N) is 1. The van der Waals surface area contributed by atoms with Crippen molar-refractivity contribution in [3.05, 3.63) is 33.4 Å². The minimum absolute atomic E-state index is 0.0888. The first-order valence-corrected chi connectivity index (χ1v) is 15.3. The Morgan fingerprint density at radius 2 is 2.10 bits per heavy atom. The average molecular weight is 575 g/mol. The molecule has 7 rings (SSSR count). The van der Waals surface area contributed by atoms with Crippen molar-refractivity contribution in [2.75, 3.05) is 37.3 Å². The van der Waals surface area contributed by atoms with Crippen LogP contribution in [-0.4, -0.2) is 64.9 Å². The molecule has 2 saturated heterocycles. The Morgan fingerprint density at radius 1 is 1.27 bits per heavy atom. The molecule has 2 amide bonds. The van der Waals surface area contributed by atoms with Crippen LogP contribution in [0.1, 0.15) is 72.8 Å². The fraction of sp³-hybridized carbons (Fsp3) is 0.552. The number of nitrogens with zero attached hydrogens (tertiary/aromatic N) is 6. The van der Waals surface area contributed by atoms with Crippen LogP contribution in [0.3, 0.4) is 0 Å². The van der Waals surface area contributed by atoms with Gasteiger partial charge in [0.1, 0.15) is 23.0 Å². The van der Waals surface area contributed by atoms with E-state index in [9.17, 15) is 10.1 Å². The van der Waals surface area contributed by atoms with Gasteiger partial charge in [-0.2, -0.15) is 10.2 Å². The highest BCUT2D eigenvalue weighted by atomic mass is 32.1. The van der Waals surface area contributed by atoms with E-state index in [1.807, 2.05) is 0 Å². The number of ether oxygens (including phenoxy) is 1. The molecule has 3 aromatic rings. The van der Waals surface area contributed by atoms with Crippen molar-refractivity contribution in [3.63, 3.8) is 0 Å². The normalized spacial score (nSPS) is 24.7. The number of carbonyl (C=O) groups is 1. The zero-order valence-corrected chi connectivity index (χ0v) is 24.2. The van der Waals surface area contributed by atoms with Gasteiger partial charge in [-0.25, -0.2) is 9.78 Å². The third-order valence-corrected chi connectivity index (χ3v) is 10.4. The SMILES string of the molecule is C[C@H](Oc1cc(N2CCNC2=O)nc(-c2noc3c2CCC[C@@]32CCCc3sc(N)c(C#N)c32)n1)[C@@H]1CCCN1C. The predicted molar refractivity (Wildman–Crippen MR) is 154 cm³/mol. The molecule has 3 N–H and O–H groups in total. The highest BCUT2D eigenvalue weighted by Gasteiger charge is 2.49. The van der Waals surface area contributed by atoms with Gasteiger partial charge < -0.3 is 20.3 Å². The molecule has 2 fully saturated rings. The minimum atomic E-state index is -0.432. The summed E-state index contributed by atoms with van der Waals surface area (Å²) in [5.74, 6) is 2.07. The van der Waals surface area contributed by atoms with E-state index in [4.69, 9.17) is 25.0 Å². The number of nitrogen functional groups attached to an aromatic ring is 1. The van der Waals surface area contributed by atoms with Gasteiger partial charge in [0.05, 0.1) is 11.0 Å². The molecule has 2 aliphatic carbocycles. The number of nitriles is 1. The number of hydrogen-bond acceptors (Lipinski definition) is 10. The number of hydrogen-bond donors (Lipinski definition) is 2. The summed E-state index contributed by atoms with van der Waals surface area (Å²) in [7, 11) is 2.12. The lowest BCUT2D eigenvalue weighted by Gasteiger charge is -2.39. The summed E-state index contributed by atoms with van der Waals surface area (Å²) < 4.78 is 12.6. The molecule has 0 aromatic carbocycles. The summed E-state index contributed by atoms with van der Waals surface area (Å²) in [6.07, 6.45) is 7.47. The van der Waals surface area contributed by atoms with E-state index in [-0.39, 0.29) is 12.1 Å². The standard InChI is InChI=1S/C29H34N8O3S/c1-16(19-7-5-12-36(19)2)39-22-14-21(37-13-11-32-28(37)38)33-27(34-22)24-17-6-3-9-29(25(17)40-35-24)10-4-8-20-23(29)18(15-30)26(31)41-20/h14,16,19H,3-13,31H2,1-2H3,(H,32,38)/t16-,19-,29-/m0/s1. The maximum absolute atomic E-state index is 12.6. The maximum atomic E-state index is 12.6. The van der Waals surface area contributed by atoms with Crippen LogP contribution in [0.4, 0.5) is 15.6 Å². The second-order valence-electron chi connectivity index (χ2n) is 11.7. The van der Waals surface area contributed by atoms with Gasteiger partial charge in [0.25, 0.3) is 0 Å². The van der Waals surface area contributed by atoms with E-state index in [1.165, 1.54) is 16.2 Å². The highest BCUT2D eigenvalue weighted by Crippen LogP contribution is 2.55. The van der Waals surface area contributed by atoms with E-state index in [1.54, 1.807) is 11.0 Å². The van der Waals surface area contributed by atoms with Gasteiger partial charge in [0.2, 0.25) is 5.88 Å². The van der Waals surface area contributed by atoms with Crippen LogP contribution in [0.5, 0.6) is 5.88 Å². The first kappa shape index (κ1) is 26.2. The number of thiophene rings is 1. The van der Waals surface area contributed by atoms with Gasteiger partial charge in [0.15, 0.2) is 17.3 Å². The molecule has 12 heteroatoms. The number of anilines is 2. The van der Waals surface area contributed by atoms with Gasteiger partial charge in [0, 0.05) is 35.6 Å². The number of nitrogens with two attached hydrogens (primary N) is 1. The number of urea groups is 1. The van der Waals surface area contributed by atoms with E-state index in [0.717, 1.165) is 74.8 Å². The lowest BCUT2D eigenvalue weighted by Crippen LogP contribution is -2.38. The molecule has 214 valence electrons. The topological polar surface area (TPSA) is 146 Å². The summed E-state index contributed by atoms with van der Waals surface area (Å²) >= 11 is 1.53. The quantitative estimate of drug-likeness (QED) is 0.462. The average Bonchev–Trinajstić information content (AvgIpc) is 3.75. The zero-order chi connectivity index (χ0) is 28.3. The zero-order valence-electron chi connectivity index (χ0n) is 23.4. The van der Waals surface area contributed by atoms with Crippen molar-refractivity contribution in [2.45, 2.75) is 75.9 Å². The van der Waals surface area contributed by atoms with Crippen molar-refractivity contribution >= 4 is 28.2 Å². The van der Waals surface area contributed by atoms with Gasteiger partial charge in [-0.3, -0.25) is 9.80 Å². The fourth-order valence-corrected chi connectivity index (χ4v) is 8.58. The molecule has 41 heavy (non-hydrogen) atoms. The van der Waals surface area contributed by atoms with Crippen molar-refractivity contribution < 1.29 is 14.1 Å². The van der Waals surface area contributed by atoms with Crippen LogP contribution in [0.2, 0.25) is 0 Å². The molecular formula is C29H34N8O3S. The Balaban J connectivity index is 1.32. The van der Waals surface area contributed by atoms with E-state index in [0.29, 0.717) is 52.9 Å². The van der Waals surface area contributed by atoms with Crippen molar-refractivity contribution in [2.24, 2.45) is 0 Å². The van der Waals surface area contributed by atoms with Gasteiger partial charge in [-0.15, -0.1) is 11.3 Å². The molecule has 0 radical (unpaired) electrons. The molecule has 3 aromatic heterocycles. The third-order valence-electron chi connectivity index (χ3n) is 9.32. The van der Waals surface area contributed by atoms with E-state index >= 15 is 0 Å². The highest BCUT2D eigenvalue weighted by molar-refractivity contribution is 7.16. The molecule has 3 atom stereocenters. The van der Waals surface area contributed by atoms with Crippen LogP contribution in [0.25, 0.3) is 11.5 Å². The predicted octanol–water partition coefficient (Wildman–Crippen LogP) is 4.00. The molecule has 0 bridgehead atoms. The van der Waals surface area contributed by atoms with Gasteiger partial charge >= 0.3 is 6.03 Å². The van der Waals surface area contributed by atoms with Crippen LogP contribution in [0, 0.1) is 11.3 Å². The second kappa shape index (κ2) is 9.99. The van der Waals surface area contributed by atoms with Crippen LogP contribution < -0.4 is 20.7 Å². The smallest absolute Gasteiger partial charge is 0.323 e. The number of aryl methyl sites for hydroxylation is 1. The summed E-state index contributed by atoms with van der Waals surface area (Å²) in [4.78, 5) is 27.4. The summed E-state index contributed by atoms with van der Waals surface area (Å²) in [5.41, 5.74) is 9.03. The first-order chi connectivity index (χ1) is 19.9. The number of rotatable bonds is 5. The number of likely N-dealkylation sites (tertiary alicyclic amines) is 1. The minimum Gasteiger partial charge on any atom is -0.473 e. The Labute approximate surface area is 242 Å². The van der Waals surface area contributed by atoms with Gasteiger partial charge in [-0.1, -0.05) is 5.16 Å². The van der Waals surface area contributed by atoms with Crippen molar-refractivity contribution in [3.8, 4) is 23.5 Å². The summed E-state index contributed by atoms with van der Waals surface area (Å²) in [6, 6.07) is 4.21. The number of fused-ring (bicyclic) bond motifs is 4. The Morgan fingerprint density at radius 3 is 2.83 bits per heavy atom. The second-order valence-corrected chi connectivity index (χ2v) is 12.8. The lowest BCUT2D eigenvalue weighted by atomic mass is 9.63. The fourth-order valence-electron chi connectivity index (χ4n) is 7.42. The monoisotopic (exact) mass is 574 g/mol. The summed E-state index contributed by atoms with van der Waals surface area (Å²) in [5, 5.41) is 18.0. The number of amides is 2. The number of likely N-dealkylation sites (N-methyl/N-ethyl adjacent to an activating group) is 1. The molecule has 1 spiro atoms. The Kier molecular flexibility index (Phi) is 6.39. The Bertz CT molecular complexity index is 1560. The van der Waals surface area contributed by atoms with E-state index in [2.05, 4.69) is 35.4 Å². The van der Waals surface area contributed by atoms with E-state index < -0.39 is 5.41 Å². The van der Waals surface area contributed by atoms with Crippen LogP contribution in [-0.2, 0) is 18.3 Å². The Hall–Kier alpha value is -3.69. The first-order valence-electron chi connectivity index (χ1n) is 14.5. The number of aromatic nitrogens is 3. The van der Waals surface area contributed by atoms with Crippen molar-refractivity contribution in [1.29, 1.82) is 5.26 Å². The molecule has 0 unspecified atom stereocenters. The van der Waals surface area contributed by atoms with Gasteiger partial charge in [-0.05, 0) is 77.4 Å². The molecule has 5 heterocycles. The van der Waals surface area contributed by atoms with Crippen LogP contribution >= 0.6 is 11.3 Å². The largest absolute Gasteiger partial charge is 0.473 e. The molecule has 0 saturated carbocycles.